The second kappa shape index (κ2) is 11.5. The largest absolute Gasteiger partial charge is 0.0654 e. The fourth-order valence-electron chi connectivity index (χ4n) is 2.20. The molecule has 0 heterocycles. The molecule has 0 aliphatic rings. The lowest BCUT2D eigenvalue weighted by molar-refractivity contribution is 0.468. The molecule has 0 aliphatic carbocycles. The second-order valence-corrected chi connectivity index (χ2v) is 5.41. The highest BCUT2D eigenvalue weighted by Crippen LogP contribution is 2.25. The molecule has 0 amide bonds. The van der Waals surface area contributed by atoms with Gasteiger partial charge in [0.15, 0.2) is 0 Å². The monoisotopic (exact) mass is 225 g/mol. The highest BCUT2D eigenvalue weighted by Gasteiger charge is 2.11. The van der Waals surface area contributed by atoms with Crippen LogP contribution in [0.4, 0.5) is 0 Å². The van der Waals surface area contributed by atoms with Crippen molar-refractivity contribution in [2.45, 2.75) is 91.9 Å². The van der Waals surface area contributed by atoms with E-state index in [1.165, 1.54) is 64.2 Å². The Morgan fingerprint density at radius 1 is 0.812 bits per heavy atom. The van der Waals surface area contributed by atoms with Crippen LogP contribution < -0.4 is 0 Å². The van der Waals surface area contributed by atoms with Crippen LogP contribution in [0.15, 0.2) is 0 Å². The van der Waals surface area contributed by atoms with E-state index in [2.05, 4.69) is 27.7 Å². The molecular formula is C16H33. The zero-order chi connectivity index (χ0) is 12.2. The minimum atomic E-state index is 0.860. The summed E-state index contributed by atoms with van der Waals surface area (Å²) in [4.78, 5) is 0. The van der Waals surface area contributed by atoms with Crippen molar-refractivity contribution in [2.24, 2.45) is 5.92 Å². The van der Waals surface area contributed by atoms with Crippen LogP contribution in [0.1, 0.15) is 91.9 Å². The zero-order valence-electron chi connectivity index (χ0n) is 12.1. The van der Waals surface area contributed by atoms with E-state index in [9.17, 15) is 0 Å². The fourth-order valence-corrected chi connectivity index (χ4v) is 2.20. The van der Waals surface area contributed by atoms with Crippen LogP contribution in [0.5, 0.6) is 0 Å². The molecule has 0 saturated heterocycles. The molecule has 0 aromatic heterocycles. The predicted octanol–water partition coefficient (Wildman–Crippen LogP) is 6.16. The van der Waals surface area contributed by atoms with Gasteiger partial charge in [0.1, 0.15) is 0 Å². The Labute approximate surface area is 104 Å². The summed E-state index contributed by atoms with van der Waals surface area (Å²) in [5, 5.41) is 0. The third-order valence-corrected chi connectivity index (χ3v) is 3.76. The van der Waals surface area contributed by atoms with Crippen LogP contribution in [-0.4, -0.2) is 0 Å². The van der Waals surface area contributed by atoms with Gasteiger partial charge in [-0.15, -0.1) is 0 Å². The first-order valence-corrected chi connectivity index (χ1v) is 7.54. The van der Waals surface area contributed by atoms with Gasteiger partial charge in [-0.1, -0.05) is 85.5 Å². The molecule has 1 atom stereocenters. The molecule has 0 heteroatoms. The highest BCUT2D eigenvalue weighted by molar-refractivity contribution is 4.89. The van der Waals surface area contributed by atoms with Crippen molar-refractivity contribution in [3.05, 3.63) is 5.92 Å². The van der Waals surface area contributed by atoms with Crippen LogP contribution >= 0.6 is 0 Å². The molecule has 0 fully saturated rings. The SMILES string of the molecule is CCCCCCCC(C)[C](C)CCCCC. The maximum absolute atomic E-state index is 2.42. The van der Waals surface area contributed by atoms with Gasteiger partial charge in [-0.2, -0.15) is 0 Å². The third-order valence-electron chi connectivity index (χ3n) is 3.76. The highest BCUT2D eigenvalue weighted by atomic mass is 14.2. The molecule has 0 bridgehead atoms. The lowest BCUT2D eigenvalue weighted by atomic mass is 9.87. The summed E-state index contributed by atoms with van der Waals surface area (Å²) in [5.74, 6) is 2.60. The van der Waals surface area contributed by atoms with Crippen LogP contribution in [0, 0.1) is 11.8 Å². The quantitative estimate of drug-likeness (QED) is 0.369. The van der Waals surface area contributed by atoms with Crippen molar-refractivity contribution in [3.63, 3.8) is 0 Å². The summed E-state index contributed by atoms with van der Waals surface area (Å²) in [6.07, 6.45) is 14.0. The molecule has 16 heavy (non-hydrogen) atoms. The Balaban J connectivity index is 3.36. The fraction of sp³-hybridized carbons (Fsp3) is 0.938. The van der Waals surface area contributed by atoms with E-state index in [1.54, 1.807) is 5.92 Å². The zero-order valence-corrected chi connectivity index (χ0v) is 12.1. The summed E-state index contributed by atoms with van der Waals surface area (Å²) in [5.41, 5.74) is 0. The van der Waals surface area contributed by atoms with Crippen molar-refractivity contribution in [1.29, 1.82) is 0 Å². The van der Waals surface area contributed by atoms with E-state index in [4.69, 9.17) is 0 Å². The predicted molar refractivity (Wildman–Crippen MR) is 75.6 cm³/mol. The average molecular weight is 225 g/mol. The molecule has 0 rings (SSSR count). The topological polar surface area (TPSA) is 0 Å². The van der Waals surface area contributed by atoms with E-state index in [-0.39, 0.29) is 0 Å². The maximum atomic E-state index is 2.42. The third kappa shape index (κ3) is 9.24. The Morgan fingerprint density at radius 2 is 1.38 bits per heavy atom. The molecule has 0 aliphatic heterocycles. The molecular weight excluding hydrogens is 192 g/mol. The first kappa shape index (κ1) is 16.0. The van der Waals surface area contributed by atoms with Gasteiger partial charge in [0.05, 0.1) is 0 Å². The smallest absolute Gasteiger partial charge is 0.0244 e. The van der Waals surface area contributed by atoms with Crippen molar-refractivity contribution < 1.29 is 0 Å². The molecule has 0 N–H and O–H groups in total. The van der Waals surface area contributed by atoms with Gasteiger partial charge in [-0.25, -0.2) is 0 Å². The van der Waals surface area contributed by atoms with Gasteiger partial charge in [0.2, 0.25) is 0 Å². The van der Waals surface area contributed by atoms with E-state index < -0.39 is 0 Å². The normalized spacial score (nSPS) is 13.3. The minimum absolute atomic E-state index is 0.860. The summed E-state index contributed by atoms with van der Waals surface area (Å²) in [7, 11) is 0. The standard InChI is InChI=1S/C16H33/c1-5-7-9-10-12-14-16(4)15(3)13-11-8-6-2/h16H,5-14H2,1-4H3. The van der Waals surface area contributed by atoms with Crippen LogP contribution in [0.3, 0.4) is 0 Å². The minimum Gasteiger partial charge on any atom is -0.0654 e. The molecule has 0 aromatic carbocycles. The van der Waals surface area contributed by atoms with E-state index in [0.717, 1.165) is 5.92 Å². The van der Waals surface area contributed by atoms with Gasteiger partial charge in [0, 0.05) is 0 Å². The van der Waals surface area contributed by atoms with Crippen molar-refractivity contribution in [3.8, 4) is 0 Å². The number of hydrogen-bond donors (Lipinski definition) is 0. The summed E-state index contributed by atoms with van der Waals surface area (Å²) >= 11 is 0. The summed E-state index contributed by atoms with van der Waals surface area (Å²) in [6.45, 7) is 9.36. The maximum Gasteiger partial charge on any atom is -0.0244 e. The van der Waals surface area contributed by atoms with Crippen LogP contribution in [0.25, 0.3) is 0 Å². The van der Waals surface area contributed by atoms with Gasteiger partial charge in [-0.3, -0.25) is 0 Å². The van der Waals surface area contributed by atoms with Gasteiger partial charge >= 0.3 is 0 Å². The Kier molecular flexibility index (Phi) is 11.5. The van der Waals surface area contributed by atoms with Gasteiger partial charge < -0.3 is 0 Å². The average Bonchev–Trinajstić information content (AvgIpc) is 2.28. The first-order valence-electron chi connectivity index (χ1n) is 7.54. The van der Waals surface area contributed by atoms with Crippen LogP contribution in [0.2, 0.25) is 0 Å². The molecule has 0 aromatic rings. The van der Waals surface area contributed by atoms with E-state index in [0.29, 0.717) is 0 Å². The molecule has 0 saturated carbocycles. The second-order valence-electron chi connectivity index (χ2n) is 5.41. The summed E-state index contributed by atoms with van der Waals surface area (Å²) in [6, 6.07) is 0. The molecule has 1 radical (unpaired) electrons. The summed E-state index contributed by atoms with van der Waals surface area (Å²) < 4.78 is 0. The van der Waals surface area contributed by atoms with E-state index in [1.807, 2.05) is 0 Å². The van der Waals surface area contributed by atoms with E-state index >= 15 is 0 Å². The molecule has 97 valence electrons. The molecule has 0 spiro atoms. The first-order chi connectivity index (χ1) is 7.72. The number of rotatable bonds is 11. The molecule has 1 unspecified atom stereocenters. The lowest BCUT2D eigenvalue weighted by Crippen LogP contribution is -2.05. The number of unbranched alkanes of at least 4 members (excludes halogenated alkanes) is 6. The van der Waals surface area contributed by atoms with Crippen molar-refractivity contribution in [2.75, 3.05) is 0 Å². The van der Waals surface area contributed by atoms with Crippen molar-refractivity contribution >= 4 is 0 Å². The van der Waals surface area contributed by atoms with Gasteiger partial charge in [-0.05, 0) is 18.3 Å². The Bertz CT molecular complexity index is 128. The molecule has 0 nitrogen and oxygen atoms in total. The number of hydrogen-bond acceptors (Lipinski definition) is 0. The Hall–Kier alpha value is 0. The Morgan fingerprint density at radius 3 is 2.00 bits per heavy atom. The van der Waals surface area contributed by atoms with Crippen molar-refractivity contribution in [1.82, 2.24) is 0 Å². The lowest BCUT2D eigenvalue weighted by Gasteiger charge is -2.19. The van der Waals surface area contributed by atoms with Gasteiger partial charge in [0.25, 0.3) is 0 Å². The van der Waals surface area contributed by atoms with Crippen LogP contribution in [-0.2, 0) is 0 Å².